The van der Waals surface area contributed by atoms with E-state index in [0.29, 0.717) is 11.8 Å². The highest BCUT2D eigenvalue weighted by atomic mass is 32.1. The normalized spacial score (nSPS) is 28.2. The van der Waals surface area contributed by atoms with Crippen LogP contribution in [0.4, 0.5) is 0 Å². The molecule has 0 aliphatic heterocycles. The van der Waals surface area contributed by atoms with Crippen molar-refractivity contribution in [3.8, 4) is 22.8 Å². The average Bonchev–Trinajstić information content (AvgIpc) is 3.99. The van der Waals surface area contributed by atoms with Crippen LogP contribution in [0.1, 0.15) is 96.1 Å². The van der Waals surface area contributed by atoms with E-state index in [1.165, 1.54) is 140 Å². The van der Waals surface area contributed by atoms with Gasteiger partial charge in [0.2, 0.25) is 0 Å². The molecule has 2 atom stereocenters. The Bertz CT molecular complexity index is 3570. The Balaban J connectivity index is 1.01. The van der Waals surface area contributed by atoms with Gasteiger partial charge >= 0.3 is 0 Å². The number of nitrogens with zero attached hydrogens (tertiary/aromatic N) is 5. The molecule has 0 amide bonds. The van der Waals surface area contributed by atoms with E-state index in [1.54, 1.807) is 0 Å². The molecular weight excluding hydrogens is 823 g/mol. The van der Waals surface area contributed by atoms with Crippen molar-refractivity contribution in [1.29, 1.82) is 0 Å². The van der Waals surface area contributed by atoms with Crippen molar-refractivity contribution in [2.24, 2.45) is 35.5 Å². The number of aromatic nitrogens is 5. The molecule has 16 rings (SSSR count). The summed E-state index contributed by atoms with van der Waals surface area (Å²) in [6.07, 6.45) is 14.3. The van der Waals surface area contributed by atoms with Crippen molar-refractivity contribution in [1.82, 2.24) is 24.1 Å². The molecule has 10 aromatic rings. The number of thiophene rings is 1. The lowest BCUT2D eigenvalue weighted by Crippen LogP contribution is -2.50. The summed E-state index contributed by atoms with van der Waals surface area (Å²) < 4.78 is 7.77. The van der Waals surface area contributed by atoms with Crippen molar-refractivity contribution >= 4 is 75.1 Å². The van der Waals surface area contributed by atoms with Crippen molar-refractivity contribution in [2.75, 3.05) is 0 Å². The van der Waals surface area contributed by atoms with Crippen LogP contribution in [0.15, 0.2) is 127 Å². The summed E-state index contributed by atoms with van der Waals surface area (Å²) >= 11 is 1.94. The lowest BCUT2D eigenvalue weighted by Gasteiger charge is -2.56. The van der Waals surface area contributed by atoms with Crippen LogP contribution in [-0.2, 0) is 10.8 Å². The molecule has 6 heteroatoms. The molecule has 4 aromatic heterocycles. The first kappa shape index (κ1) is 38.3. The van der Waals surface area contributed by atoms with E-state index in [4.69, 9.17) is 15.0 Å². The lowest BCUT2D eigenvalue weighted by molar-refractivity contribution is -0.0101. The summed E-state index contributed by atoms with van der Waals surface area (Å²) in [6, 6.07) is 47.5. The average molecular weight is 878 g/mol. The molecule has 2 unspecified atom stereocenters. The second kappa shape index (κ2) is 13.9. The van der Waals surface area contributed by atoms with Crippen molar-refractivity contribution in [3.05, 3.63) is 139 Å². The Labute approximate surface area is 389 Å². The Kier molecular flexibility index (Phi) is 8.03. The number of hydrogen-bond donors (Lipinski definition) is 0. The molecular formula is C60H55N5S. The Hall–Kier alpha value is -5.85. The first-order chi connectivity index (χ1) is 32.4. The summed E-state index contributed by atoms with van der Waals surface area (Å²) in [5.74, 6) is 7.74. The Morgan fingerprint density at radius 3 is 1.62 bits per heavy atom. The predicted molar refractivity (Wildman–Crippen MR) is 273 cm³/mol. The van der Waals surface area contributed by atoms with E-state index in [9.17, 15) is 0 Å². The molecule has 4 heterocycles. The second-order valence-electron chi connectivity index (χ2n) is 22.3. The van der Waals surface area contributed by atoms with E-state index in [2.05, 4.69) is 150 Å². The van der Waals surface area contributed by atoms with Gasteiger partial charge in [-0.05, 0) is 149 Å². The summed E-state index contributed by atoms with van der Waals surface area (Å²) in [7, 11) is 0. The highest BCUT2D eigenvalue weighted by Gasteiger charge is 2.54. The van der Waals surface area contributed by atoms with Gasteiger partial charge < -0.3 is 9.13 Å². The first-order valence-electron chi connectivity index (χ1n) is 25.1. The summed E-state index contributed by atoms with van der Waals surface area (Å²) in [5.41, 5.74) is 8.49. The monoisotopic (exact) mass is 877 g/mol. The molecule has 0 radical (unpaired) electrons. The molecule has 5 nitrogen and oxygen atoms in total. The van der Waals surface area contributed by atoms with Gasteiger partial charge in [-0.15, -0.1) is 11.3 Å². The number of benzene rings is 6. The van der Waals surface area contributed by atoms with E-state index in [-0.39, 0.29) is 10.8 Å². The largest absolute Gasteiger partial charge is 0.308 e. The van der Waals surface area contributed by atoms with E-state index in [0.717, 1.165) is 52.4 Å². The molecule has 0 N–H and O–H groups in total. The van der Waals surface area contributed by atoms with Crippen LogP contribution in [0.2, 0.25) is 0 Å². The second-order valence-corrected chi connectivity index (χ2v) is 23.3. The Morgan fingerprint density at radius 2 is 0.970 bits per heavy atom. The SMILES string of the molecule is CC1CC2CC(C)CC(c3nc(-c4cccc(-n5c6ccccc6c6c7sc8ccccc8c7c7c(c8ccccc8n7-c7ccccc7)c65)c4)nc(C45CC6CC(CC(C6)C4)C5)n3)(C1)C2. The zero-order chi connectivity index (χ0) is 43.5. The van der Waals surface area contributed by atoms with Gasteiger partial charge in [-0.1, -0.05) is 98.8 Å². The fraction of sp³-hybridized carbons (Fsp3) is 0.350. The van der Waals surface area contributed by atoms with Gasteiger partial charge in [0.25, 0.3) is 0 Å². The van der Waals surface area contributed by atoms with Gasteiger partial charge in [0.15, 0.2) is 5.82 Å². The third-order valence-corrected chi connectivity index (χ3v) is 18.9. The van der Waals surface area contributed by atoms with Gasteiger partial charge in [0.1, 0.15) is 11.6 Å². The highest BCUT2D eigenvalue weighted by molar-refractivity contribution is 7.27. The predicted octanol–water partition coefficient (Wildman–Crippen LogP) is 15.7. The maximum absolute atomic E-state index is 5.82. The van der Waals surface area contributed by atoms with Crippen molar-refractivity contribution in [2.45, 2.75) is 95.3 Å². The molecule has 6 aliphatic carbocycles. The van der Waals surface area contributed by atoms with Gasteiger partial charge in [-0.25, -0.2) is 15.0 Å². The van der Waals surface area contributed by atoms with Gasteiger partial charge in [0.05, 0.1) is 22.1 Å². The van der Waals surface area contributed by atoms with Gasteiger partial charge in [-0.2, -0.15) is 0 Å². The highest BCUT2D eigenvalue weighted by Crippen LogP contribution is 2.61. The van der Waals surface area contributed by atoms with Crippen LogP contribution in [0.5, 0.6) is 0 Å². The number of hydrogen-bond acceptors (Lipinski definition) is 4. The van der Waals surface area contributed by atoms with Gasteiger partial charge in [-0.3, -0.25) is 0 Å². The fourth-order valence-electron chi connectivity index (χ4n) is 16.1. The zero-order valence-electron chi connectivity index (χ0n) is 38.0. The smallest absolute Gasteiger partial charge is 0.163 e. The van der Waals surface area contributed by atoms with E-state index in [1.807, 2.05) is 11.3 Å². The molecule has 6 fully saturated rings. The summed E-state index contributed by atoms with van der Waals surface area (Å²) in [4.78, 5) is 17.3. The van der Waals surface area contributed by atoms with Crippen LogP contribution < -0.4 is 0 Å². The molecule has 0 saturated heterocycles. The third kappa shape index (κ3) is 5.42. The quantitative estimate of drug-likeness (QED) is 0.173. The molecule has 6 aliphatic rings. The molecule has 6 bridgehead atoms. The zero-order valence-corrected chi connectivity index (χ0v) is 38.8. The van der Waals surface area contributed by atoms with E-state index >= 15 is 0 Å². The molecule has 0 spiro atoms. The van der Waals surface area contributed by atoms with Crippen molar-refractivity contribution < 1.29 is 0 Å². The minimum atomic E-state index is 0.0212. The minimum Gasteiger partial charge on any atom is -0.308 e. The topological polar surface area (TPSA) is 48.5 Å². The minimum absolute atomic E-state index is 0.0212. The lowest BCUT2D eigenvalue weighted by atomic mass is 9.49. The van der Waals surface area contributed by atoms with Crippen LogP contribution in [0.25, 0.3) is 86.5 Å². The summed E-state index contributed by atoms with van der Waals surface area (Å²) in [5, 5.41) is 7.82. The number of rotatable bonds is 5. The molecule has 326 valence electrons. The van der Waals surface area contributed by atoms with E-state index < -0.39 is 0 Å². The first-order valence-corrected chi connectivity index (χ1v) is 25.9. The van der Waals surface area contributed by atoms with Crippen LogP contribution in [0, 0.1) is 35.5 Å². The van der Waals surface area contributed by atoms with Crippen LogP contribution >= 0.6 is 11.3 Å². The van der Waals surface area contributed by atoms with Crippen molar-refractivity contribution in [3.63, 3.8) is 0 Å². The maximum atomic E-state index is 5.82. The van der Waals surface area contributed by atoms with Crippen LogP contribution in [-0.4, -0.2) is 24.1 Å². The maximum Gasteiger partial charge on any atom is 0.163 e. The number of fused-ring (bicyclic) bond motifs is 14. The third-order valence-electron chi connectivity index (χ3n) is 17.7. The Morgan fingerprint density at radius 1 is 0.470 bits per heavy atom. The summed E-state index contributed by atoms with van der Waals surface area (Å²) in [6.45, 7) is 4.99. The molecule has 6 aromatic carbocycles. The molecule has 6 saturated carbocycles. The molecule has 66 heavy (non-hydrogen) atoms. The van der Waals surface area contributed by atoms with Gasteiger partial charge in [0, 0.05) is 69.5 Å². The standard InChI is InChI=1S/C60H55N5S/c1-35-23-37-24-36(2)30-59(29-35,31-37)57-61-56(62-58(63-57)60-32-38-25-39(33-60)27-40(26-38)34-60)41-13-12-16-43(28-41)65-48-21-10-7-18-45(48)51-53(65)50-44-17-6-9-20-47(44)64(42-14-4-3-5-15-42)54(50)52-46-19-8-11-22-49(46)66-55(51)52/h3-22,28,35-40H,23-27,29-34H2,1-2H3. The number of para-hydroxylation sites is 3. The fourth-order valence-corrected chi connectivity index (χ4v) is 17.4. The van der Waals surface area contributed by atoms with Crippen LogP contribution in [0.3, 0.4) is 0 Å².